The average molecular weight is 283 g/mol. The summed E-state index contributed by atoms with van der Waals surface area (Å²) in [7, 11) is 0. The summed E-state index contributed by atoms with van der Waals surface area (Å²) in [6, 6.07) is 5.21. The van der Waals surface area contributed by atoms with Crippen LogP contribution in [0.5, 0.6) is 0 Å². The predicted molar refractivity (Wildman–Crippen MR) is 70.3 cm³/mol. The van der Waals surface area contributed by atoms with Crippen LogP contribution in [0.15, 0.2) is 18.2 Å². The van der Waals surface area contributed by atoms with Crippen LogP contribution in [0.3, 0.4) is 0 Å². The highest BCUT2D eigenvalue weighted by atomic mass is 19.4. The van der Waals surface area contributed by atoms with Crippen molar-refractivity contribution < 1.29 is 13.2 Å². The fourth-order valence-corrected chi connectivity index (χ4v) is 2.30. The Morgan fingerprint density at radius 1 is 1.30 bits per heavy atom. The molecule has 2 N–H and O–H groups in total. The van der Waals surface area contributed by atoms with E-state index in [0.29, 0.717) is 5.69 Å². The van der Waals surface area contributed by atoms with E-state index in [1.54, 1.807) is 0 Å². The number of hydrogen-bond acceptors (Lipinski definition) is 3. The van der Waals surface area contributed by atoms with E-state index in [-0.39, 0.29) is 11.6 Å². The van der Waals surface area contributed by atoms with Crippen LogP contribution in [-0.4, -0.2) is 19.1 Å². The first kappa shape index (κ1) is 14.7. The third-order valence-electron chi connectivity index (χ3n) is 3.37. The van der Waals surface area contributed by atoms with Gasteiger partial charge in [0.15, 0.2) is 0 Å². The van der Waals surface area contributed by atoms with Gasteiger partial charge < -0.3 is 10.6 Å². The highest BCUT2D eigenvalue weighted by molar-refractivity contribution is 5.59. The van der Waals surface area contributed by atoms with Crippen molar-refractivity contribution in [2.45, 2.75) is 31.5 Å². The monoisotopic (exact) mass is 283 g/mol. The first-order valence-electron chi connectivity index (χ1n) is 6.59. The van der Waals surface area contributed by atoms with Gasteiger partial charge in [0, 0.05) is 12.6 Å². The van der Waals surface area contributed by atoms with Gasteiger partial charge in [-0.3, -0.25) is 0 Å². The van der Waals surface area contributed by atoms with Crippen LogP contribution in [0.4, 0.5) is 18.9 Å². The maximum absolute atomic E-state index is 12.6. The zero-order chi connectivity index (χ0) is 14.6. The molecular formula is C14H16F3N3. The summed E-state index contributed by atoms with van der Waals surface area (Å²) in [4.78, 5) is 0. The molecule has 0 aliphatic carbocycles. The lowest BCUT2D eigenvalue weighted by atomic mass is 10.1. The Labute approximate surface area is 115 Å². The molecule has 1 aromatic rings. The molecule has 1 fully saturated rings. The van der Waals surface area contributed by atoms with Crippen LogP contribution in [0.25, 0.3) is 0 Å². The Morgan fingerprint density at radius 2 is 2.10 bits per heavy atom. The average Bonchev–Trinajstić information content (AvgIpc) is 2.66. The lowest BCUT2D eigenvalue weighted by molar-refractivity contribution is -0.137. The van der Waals surface area contributed by atoms with E-state index >= 15 is 0 Å². The van der Waals surface area contributed by atoms with Gasteiger partial charge in [-0.25, -0.2) is 0 Å². The highest BCUT2D eigenvalue weighted by Gasteiger charge is 2.31. The van der Waals surface area contributed by atoms with E-state index in [9.17, 15) is 13.2 Å². The number of rotatable bonds is 2. The summed E-state index contributed by atoms with van der Waals surface area (Å²) in [6.07, 6.45) is -1.32. The molecule has 6 heteroatoms. The van der Waals surface area contributed by atoms with Gasteiger partial charge in [-0.05, 0) is 37.6 Å². The number of benzene rings is 1. The van der Waals surface area contributed by atoms with E-state index in [1.807, 2.05) is 6.07 Å². The lowest BCUT2D eigenvalue weighted by Crippen LogP contribution is -2.31. The second-order valence-electron chi connectivity index (χ2n) is 4.91. The maximum atomic E-state index is 12.6. The molecule has 1 atom stereocenters. The van der Waals surface area contributed by atoms with Crippen molar-refractivity contribution >= 4 is 5.69 Å². The van der Waals surface area contributed by atoms with Crippen molar-refractivity contribution in [2.24, 2.45) is 0 Å². The molecule has 0 saturated carbocycles. The zero-order valence-corrected chi connectivity index (χ0v) is 10.9. The number of nitrogens with one attached hydrogen (secondary N) is 2. The molecule has 0 radical (unpaired) electrons. The molecule has 108 valence electrons. The first-order valence-corrected chi connectivity index (χ1v) is 6.59. The van der Waals surface area contributed by atoms with Crippen LogP contribution >= 0.6 is 0 Å². The molecule has 20 heavy (non-hydrogen) atoms. The summed E-state index contributed by atoms with van der Waals surface area (Å²) >= 11 is 0. The number of alkyl halides is 3. The Bertz CT molecular complexity index is 497. The maximum Gasteiger partial charge on any atom is 0.416 e. The summed E-state index contributed by atoms with van der Waals surface area (Å²) in [5, 5.41) is 15.5. The Morgan fingerprint density at radius 3 is 2.80 bits per heavy atom. The molecule has 0 amide bonds. The van der Waals surface area contributed by atoms with E-state index < -0.39 is 11.7 Å². The Hall–Kier alpha value is -1.74. The standard InChI is InChI=1S/C14H16F3N3/c15-14(16,17)11-4-5-13(10(7-11)8-18)20-12-3-1-2-6-19-9-12/h4-5,7,12,19-20H,1-3,6,9H2. The van der Waals surface area contributed by atoms with Crippen molar-refractivity contribution in [3.8, 4) is 6.07 Å². The SMILES string of the molecule is N#Cc1cc(C(F)(F)F)ccc1NC1CCCCNC1. The molecule has 1 heterocycles. The van der Waals surface area contributed by atoms with Crippen molar-refractivity contribution in [3.05, 3.63) is 29.3 Å². The molecule has 1 aliphatic heterocycles. The smallest absolute Gasteiger partial charge is 0.380 e. The lowest BCUT2D eigenvalue weighted by Gasteiger charge is -2.19. The summed E-state index contributed by atoms with van der Waals surface area (Å²) in [6.45, 7) is 1.71. The molecule has 1 unspecified atom stereocenters. The van der Waals surface area contributed by atoms with Crippen LogP contribution in [0.2, 0.25) is 0 Å². The van der Waals surface area contributed by atoms with E-state index in [1.165, 1.54) is 6.07 Å². The van der Waals surface area contributed by atoms with Crippen molar-refractivity contribution in [1.82, 2.24) is 5.32 Å². The van der Waals surface area contributed by atoms with Gasteiger partial charge in [-0.1, -0.05) is 6.42 Å². The Kier molecular flexibility index (Phi) is 4.50. The second kappa shape index (κ2) is 6.14. The normalized spacial score (nSPS) is 20.0. The van der Waals surface area contributed by atoms with Crippen molar-refractivity contribution in [1.29, 1.82) is 5.26 Å². The number of nitriles is 1. The molecule has 0 spiro atoms. The van der Waals surface area contributed by atoms with Crippen LogP contribution in [0.1, 0.15) is 30.4 Å². The van der Waals surface area contributed by atoms with Gasteiger partial charge in [0.05, 0.1) is 16.8 Å². The minimum atomic E-state index is -4.42. The molecule has 1 aromatic carbocycles. The molecule has 0 bridgehead atoms. The molecule has 1 saturated heterocycles. The first-order chi connectivity index (χ1) is 9.50. The minimum Gasteiger partial charge on any atom is -0.380 e. The van der Waals surface area contributed by atoms with Crippen LogP contribution < -0.4 is 10.6 Å². The van der Waals surface area contributed by atoms with Crippen LogP contribution in [0, 0.1) is 11.3 Å². The zero-order valence-electron chi connectivity index (χ0n) is 10.9. The van der Waals surface area contributed by atoms with Crippen molar-refractivity contribution in [3.63, 3.8) is 0 Å². The fourth-order valence-electron chi connectivity index (χ4n) is 2.30. The molecule has 3 nitrogen and oxygen atoms in total. The van der Waals surface area contributed by atoms with Gasteiger partial charge >= 0.3 is 6.18 Å². The molecule has 1 aliphatic rings. The largest absolute Gasteiger partial charge is 0.416 e. The number of halogens is 3. The minimum absolute atomic E-state index is 0.0315. The number of anilines is 1. The highest BCUT2D eigenvalue weighted by Crippen LogP contribution is 2.32. The van der Waals surface area contributed by atoms with Crippen molar-refractivity contribution in [2.75, 3.05) is 18.4 Å². The second-order valence-corrected chi connectivity index (χ2v) is 4.91. The van der Waals surface area contributed by atoms with Gasteiger partial charge in [0.2, 0.25) is 0 Å². The van der Waals surface area contributed by atoms with E-state index in [0.717, 1.165) is 44.5 Å². The third-order valence-corrected chi connectivity index (χ3v) is 3.37. The number of hydrogen-bond donors (Lipinski definition) is 2. The summed E-state index contributed by atoms with van der Waals surface area (Å²) < 4.78 is 37.8. The van der Waals surface area contributed by atoms with E-state index in [2.05, 4.69) is 10.6 Å². The predicted octanol–water partition coefficient (Wildman–Crippen LogP) is 3.13. The number of nitrogens with zero attached hydrogens (tertiary/aromatic N) is 1. The summed E-state index contributed by atoms with van der Waals surface area (Å²) in [5.41, 5.74) is -0.295. The van der Waals surface area contributed by atoms with Gasteiger partial charge in [-0.15, -0.1) is 0 Å². The summed E-state index contributed by atoms with van der Waals surface area (Å²) in [5.74, 6) is 0. The van der Waals surface area contributed by atoms with Crippen LogP contribution in [-0.2, 0) is 6.18 Å². The molecule has 0 aromatic heterocycles. The quantitative estimate of drug-likeness (QED) is 0.876. The van der Waals surface area contributed by atoms with Gasteiger partial charge in [0.25, 0.3) is 0 Å². The van der Waals surface area contributed by atoms with Gasteiger partial charge in [-0.2, -0.15) is 18.4 Å². The molecule has 2 rings (SSSR count). The topological polar surface area (TPSA) is 47.9 Å². The molecular weight excluding hydrogens is 267 g/mol. The Balaban J connectivity index is 2.17. The fraction of sp³-hybridized carbons (Fsp3) is 0.500. The third kappa shape index (κ3) is 3.64. The van der Waals surface area contributed by atoms with E-state index in [4.69, 9.17) is 5.26 Å². The van der Waals surface area contributed by atoms with Gasteiger partial charge in [0.1, 0.15) is 6.07 Å².